The van der Waals surface area contributed by atoms with E-state index in [0.29, 0.717) is 18.4 Å². The minimum atomic E-state index is -1.50. The highest BCUT2D eigenvalue weighted by molar-refractivity contribution is 7.44. The van der Waals surface area contributed by atoms with Crippen molar-refractivity contribution in [2.45, 2.75) is 90.8 Å². The van der Waals surface area contributed by atoms with Crippen molar-refractivity contribution in [2.75, 3.05) is 13.2 Å². The average molecular weight is 471 g/mol. The Balaban J connectivity index is 2.22. The van der Waals surface area contributed by atoms with Crippen molar-refractivity contribution in [3.63, 3.8) is 0 Å². The van der Waals surface area contributed by atoms with Gasteiger partial charge in [-0.05, 0) is 54.4 Å². The third-order valence-electron chi connectivity index (χ3n) is 5.48. The second-order valence-corrected chi connectivity index (χ2v) is 10.1. The van der Waals surface area contributed by atoms with Gasteiger partial charge in [0, 0.05) is 23.8 Å². The molecule has 32 heavy (non-hydrogen) atoms. The van der Waals surface area contributed by atoms with Crippen LogP contribution in [-0.4, -0.2) is 56.3 Å². The van der Waals surface area contributed by atoms with E-state index in [4.69, 9.17) is 19.0 Å². The van der Waals surface area contributed by atoms with Crippen molar-refractivity contribution in [1.29, 1.82) is 5.26 Å². The fourth-order valence-electron chi connectivity index (χ4n) is 3.76. The third kappa shape index (κ3) is 6.25. The standard InChI is InChI=1S/C21H35N4O6P/c1-14(2)25(15(3)4)32(29-11-7-10-22)30-13-21(17(6)26)9-8-18(31-21)24-12-16(5)19(27)23-20(24)28/h12,14-15,17-18,26H,7-9,11,13H2,1-6H3,(H,23,27,28)/t17-,18-,21+,32?/m1/s1. The molecule has 0 spiro atoms. The van der Waals surface area contributed by atoms with Crippen LogP contribution in [0, 0.1) is 18.3 Å². The van der Waals surface area contributed by atoms with Crippen LogP contribution >= 0.6 is 8.53 Å². The van der Waals surface area contributed by atoms with Crippen molar-refractivity contribution in [3.05, 3.63) is 32.6 Å². The molecular weight excluding hydrogens is 435 g/mol. The molecule has 0 bridgehead atoms. The summed E-state index contributed by atoms with van der Waals surface area (Å²) in [4.78, 5) is 26.3. The largest absolute Gasteiger partial charge is 0.390 e. The van der Waals surface area contributed by atoms with E-state index in [1.165, 1.54) is 10.8 Å². The molecular formula is C21H35N4O6P. The zero-order chi connectivity index (χ0) is 24.1. The second-order valence-electron chi connectivity index (χ2n) is 8.65. The number of nitriles is 1. The number of aromatic amines is 1. The molecule has 1 aromatic heterocycles. The second kappa shape index (κ2) is 11.5. The summed E-state index contributed by atoms with van der Waals surface area (Å²) in [6.07, 6.45) is 1.17. The molecule has 11 heteroatoms. The molecule has 1 aliphatic heterocycles. The molecule has 10 nitrogen and oxygen atoms in total. The van der Waals surface area contributed by atoms with Gasteiger partial charge in [0.15, 0.2) is 0 Å². The Bertz CT molecular complexity index is 901. The number of hydrogen-bond acceptors (Lipinski definition) is 8. The normalized spacial score (nSPS) is 23.1. The average Bonchev–Trinajstić information content (AvgIpc) is 3.14. The molecule has 0 radical (unpaired) electrons. The topological polar surface area (TPSA) is 130 Å². The van der Waals surface area contributed by atoms with Gasteiger partial charge in [0.25, 0.3) is 14.1 Å². The van der Waals surface area contributed by atoms with Crippen LogP contribution in [0.4, 0.5) is 0 Å². The summed E-state index contributed by atoms with van der Waals surface area (Å²) in [5.41, 5.74) is -1.62. The zero-order valence-corrected chi connectivity index (χ0v) is 20.6. The summed E-state index contributed by atoms with van der Waals surface area (Å²) in [5.74, 6) is 0. The lowest BCUT2D eigenvalue weighted by molar-refractivity contribution is -0.148. The van der Waals surface area contributed by atoms with Crippen LogP contribution in [0.15, 0.2) is 15.8 Å². The lowest BCUT2D eigenvalue weighted by Crippen LogP contribution is -2.46. The van der Waals surface area contributed by atoms with Crippen molar-refractivity contribution in [1.82, 2.24) is 14.2 Å². The SMILES string of the molecule is Cc1cn([C@H]2CC[C@](COP(OCCC#N)N(C(C)C)C(C)C)([C@@H](C)O)O2)c(=O)[nH]c1=O. The van der Waals surface area contributed by atoms with Gasteiger partial charge in [0.2, 0.25) is 0 Å². The Kier molecular flexibility index (Phi) is 9.58. The van der Waals surface area contributed by atoms with Crippen LogP contribution in [0.1, 0.15) is 65.7 Å². The molecule has 1 aliphatic rings. The third-order valence-corrected chi connectivity index (χ3v) is 7.54. The van der Waals surface area contributed by atoms with Crippen molar-refractivity contribution < 1.29 is 18.9 Å². The van der Waals surface area contributed by atoms with Gasteiger partial charge in [0.1, 0.15) is 11.8 Å². The maximum absolute atomic E-state index is 12.3. The first-order chi connectivity index (χ1) is 15.0. The van der Waals surface area contributed by atoms with Gasteiger partial charge in [-0.15, -0.1) is 0 Å². The molecule has 4 atom stereocenters. The minimum absolute atomic E-state index is 0.0620. The van der Waals surface area contributed by atoms with Crippen molar-refractivity contribution in [2.24, 2.45) is 0 Å². The quantitative estimate of drug-likeness (QED) is 0.373. The highest BCUT2D eigenvalue weighted by Crippen LogP contribution is 2.48. The molecule has 2 rings (SSSR count). The summed E-state index contributed by atoms with van der Waals surface area (Å²) >= 11 is 0. The van der Waals surface area contributed by atoms with E-state index >= 15 is 0 Å². The Morgan fingerprint density at radius 3 is 2.56 bits per heavy atom. The Hall–Kier alpha value is -1.60. The number of hydrogen-bond donors (Lipinski definition) is 2. The van der Waals surface area contributed by atoms with E-state index < -0.39 is 37.7 Å². The molecule has 1 unspecified atom stereocenters. The summed E-state index contributed by atoms with van der Waals surface area (Å²) in [6.45, 7) is 11.7. The fraction of sp³-hybridized carbons (Fsp3) is 0.762. The zero-order valence-electron chi connectivity index (χ0n) is 19.7. The van der Waals surface area contributed by atoms with Crippen LogP contribution in [0.25, 0.3) is 0 Å². The lowest BCUT2D eigenvalue weighted by atomic mass is 9.95. The van der Waals surface area contributed by atoms with Gasteiger partial charge < -0.3 is 18.9 Å². The number of aryl methyl sites for hydroxylation is 1. The van der Waals surface area contributed by atoms with Gasteiger partial charge in [0.05, 0.1) is 31.8 Å². The van der Waals surface area contributed by atoms with E-state index in [-0.39, 0.29) is 31.7 Å². The molecule has 2 heterocycles. The van der Waals surface area contributed by atoms with Crippen LogP contribution < -0.4 is 11.2 Å². The summed E-state index contributed by atoms with van der Waals surface area (Å²) in [6, 6.07) is 2.36. The molecule has 1 fully saturated rings. The highest BCUT2D eigenvalue weighted by atomic mass is 31.2. The van der Waals surface area contributed by atoms with E-state index in [9.17, 15) is 14.7 Å². The molecule has 180 valence electrons. The first kappa shape index (κ1) is 26.7. The van der Waals surface area contributed by atoms with Crippen LogP contribution in [0.2, 0.25) is 0 Å². The molecule has 1 aromatic rings. The minimum Gasteiger partial charge on any atom is -0.390 e. The number of aliphatic hydroxyl groups is 1. The lowest BCUT2D eigenvalue weighted by Gasteiger charge is -2.38. The summed E-state index contributed by atoms with van der Waals surface area (Å²) in [5, 5.41) is 19.4. The predicted octanol–water partition coefficient (Wildman–Crippen LogP) is 2.57. The number of rotatable bonds is 11. The van der Waals surface area contributed by atoms with Crippen LogP contribution in [-0.2, 0) is 13.8 Å². The predicted molar refractivity (Wildman–Crippen MR) is 121 cm³/mol. The molecule has 0 amide bonds. The monoisotopic (exact) mass is 470 g/mol. The smallest absolute Gasteiger partial charge is 0.330 e. The van der Waals surface area contributed by atoms with Gasteiger partial charge >= 0.3 is 5.69 Å². The molecule has 1 saturated heterocycles. The maximum atomic E-state index is 12.3. The number of H-pyrrole nitrogens is 1. The number of aliphatic hydroxyl groups excluding tert-OH is 1. The van der Waals surface area contributed by atoms with E-state index in [0.717, 1.165) is 0 Å². The van der Waals surface area contributed by atoms with E-state index in [2.05, 4.69) is 15.7 Å². The Morgan fingerprint density at radius 1 is 1.34 bits per heavy atom. The summed E-state index contributed by atoms with van der Waals surface area (Å²) in [7, 11) is -1.50. The first-order valence-corrected chi connectivity index (χ1v) is 12.0. The van der Waals surface area contributed by atoms with Crippen LogP contribution in [0.3, 0.4) is 0 Å². The maximum Gasteiger partial charge on any atom is 0.330 e. The number of aromatic nitrogens is 2. The van der Waals surface area contributed by atoms with Crippen molar-refractivity contribution >= 4 is 8.53 Å². The summed E-state index contributed by atoms with van der Waals surface area (Å²) < 4.78 is 21.8. The van der Waals surface area contributed by atoms with E-state index in [1.54, 1.807) is 13.8 Å². The number of nitrogens with one attached hydrogen (secondary N) is 1. The van der Waals surface area contributed by atoms with Crippen molar-refractivity contribution in [3.8, 4) is 6.07 Å². The van der Waals surface area contributed by atoms with Gasteiger partial charge in [-0.1, -0.05) is 0 Å². The van der Waals surface area contributed by atoms with Gasteiger partial charge in [-0.25, -0.2) is 9.46 Å². The van der Waals surface area contributed by atoms with Gasteiger partial charge in [-0.2, -0.15) is 5.26 Å². The molecule has 2 N–H and O–H groups in total. The highest BCUT2D eigenvalue weighted by Gasteiger charge is 2.46. The molecule has 0 saturated carbocycles. The van der Waals surface area contributed by atoms with Crippen LogP contribution in [0.5, 0.6) is 0 Å². The molecule has 0 aromatic carbocycles. The molecule has 0 aliphatic carbocycles. The van der Waals surface area contributed by atoms with Gasteiger partial charge in [-0.3, -0.25) is 14.3 Å². The first-order valence-electron chi connectivity index (χ1n) is 10.9. The van der Waals surface area contributed by atoms with E-state index in [1.807, 2.05) is 27.7 Å². The number of nitrogens with zero attached hydrogens (tertiary/aromatic N) is 3. The Morgan fingerprint density at radius 2 is 2.00 bits per heavy atom. The fourth-order valence-corrected chi connectivity index (χ4v) is 5.44. The Labute approximate surface area is 190 Å². The number of ether oxygens (including phenoxy) is 1.